The summed E-state index contributed by atoms with van der Waals surface area (Å²) >= 11 is 0. The van der Waals surface area contributed by atoms with Gasteiger partial charge >= 0.3 is 6.03 Å². The van der Waals surface area contributed by atoms with Crippen molar-refractivity contribution in [2.45, 2.75) is 0 Å². The van der Waals surface area contributed by atoms with Gasteiger partial charge in [-0.3, -0.25) is 19.4 Å². The third-order valence-corrected chi connectivity index (χ3v) is 3.33. The molecular weight excluding hydrogens is 272 g/mol. The van der Waals surface area contributed by atoms with Gasteiger partial charge in [-0.05, 0) is 12.1 Å². The summed E-state index contributed by atoms with van der Waals surface area (Å²) in [5.74, 6) is -2.39. The Bertz CT molecular complexity index is 617. The summed E-state index contributed by atoms with van der Waals surface area (Å²) in [6.45, 7) is 3.74. The maximum atomic E-state index is 12.1. The van der Waals surface area contributed by atoms with E-state index in [2.05, 4.69) is 11.9 Å². The van der Waals surface area contributed by atoms with Crippen LogP contribution >= 0.6 is 0 Å². The third kappa shape index (κ3) is 2.45. The molecule has 0 aromatic heterocycles. The first-order valence-corrected chi connectivity index (χ1v) is 6.24. The second kappa shape index (κ2) is 5.28. The zero-order chi connectivity index (χ0) is 15.7. The highest BCUT2D eigenvalue weighted by Crippen LogP contribution is 2.25. The van der Waals surface area contributed by atoms with Crippen LogP contribution in [0.3, 0.4) is 0 Å². The minimum atomic E-state index is -1.16. The van der Waals surface area contributed by atoms with E-state index >= 15 is 0 Å². The van der Waals surface area contributed by atoms with Crippen molar-refractivity contribution in [3.63, 3.8) is 0 Å². The minimum absolute atomic E-state index is 0.175. The number of carbonyl (C=O) groups is 3. The molecule has 1 aromatic rings. The molecule has 110 valence electrons. The Morgan fingerprint density at radius 3 is 2.19 bits per heavy atom. The van der Waals surface area contributed by atoms with E-state index in [4.69, 9.17) is 5.73 Å². The number of urea groups is 1. The second-order valence-electron chi connectivity index (χ2n) is 4.75. The van der Waals surface area contributed by atoms with E-state index in [0.717, 1.165) is 9.80 Å². The Labute approximate surface area is 122 Å². The van der Waals surface area contributed by atoms with Gasteiger partial charge in [-0.2, -0.15) is 0 Å². The highest BCUT2D eigenvalue weighted by atomic mass is 16.2. The molecule has 1 aliphatic rings. The third-order valence-electron chi connectivity index (χ3n) is 3.33. The monoisotopic (exact) mass is 288 g/mol. The number of nitrogen functional groups attached to an aromatic ring is 1. The lowest BCUT2D eigenvalue weighted by Gasteiger charge is -2.33. The average molecular weight is 288 g/mol. The number of benzene rings is 1. The van der Waals surface area contributed by atoms with Crippen LogP contribution in [0.2, 0.25) is 0 Å². The number of hydrogen-bond acceptors (Lipinski definition) is 5. The summed E-state index contributed by atoms with van der Waals surface area (Å²) < 4.78 is 0. The minimum Gasteiger partial charge on any atom is -0.397 e. The van der Waals surface area contributed by atoms with Crippen molar-refractivity contribution in [2.24, 2.45) is 5.92 Å². The van der Waals surface area contributed by atoms with Gasteiger partial charge in [-0.15, -0.1) is 0 Å². The number of anilines is 2. The van der Waals surface area contributed by atoms with E-state index in [1.54, 1.807) is 24.3 Å². The molecule has 0 radical (unpaired) electrons. The number of amides is 4. The molecule has 1 saturated heterocycles. The maximum Gasteiger partial charge on any atom is 0.332 e. The van der Waals surface area contributed by atoms with Gasteiger partial charge in [0.2, 0.25) is 11.8 Å². The molecule has 0 spiro atoms. The van der Waals surface area contributed by atoms with Crippen LogP contribution in [0.4, 0.5) is 16.2 Å². The largest absolute Gasteiger partial charge is 0.397 e. The van der Waals surface area contributed by atoms with Crippen molar-refractivity contribution >= 4 is 29.2 Å². The Morgan fingerprint density at radius 1 is 1.14 bits per heavy atom. The van der Waals surface area contributed by atoms with Crippen molar-refractivity contribution in [1.29, 1.82) is 0 Å². The molecule has 0 saturated carbocycles. The fraction of sp³-hybridized carbons (Fsp3) is 0.214. The summed E-state index contributed by atoms with van der Waals surface area (Å²) in [5, 5.41) is 2.87. The van der Waals surface area contributed by atoms with Gasteiger partial charge < -0.3 is 11.1 Å². The zero-order valence-corrected chi connectivity index (χ0v) is 11.8. The number of nitrogens with zero attached hydrogens (tertiary/aromatic N) is 2. The number of hydrogen-bond donors (Lipinski definition) is 2. The highest BCUT2D eigenvalue weighted by Gasteiger charge is 2.44. The predicted molar refractivity (Wildman–Crippen MR) is 78.0 cm³/mol. The average Bonchev–Trinajstić information content (AvgIpc) is 2.46. The van der Waals surface area contributed by atoms with Crippen LogP contribution in [-0.4, -0.2) is 41.7 Å². The van der Waals surface area contributed by atoms with Gasteiger partial charge in [-0.1, -0.05) is 18.7 Å². The molecule has 2 rings (SSSR count). The van der Waals surface area contributed by atoms with Gasteiger partial charge in [0.1, 0.15) is 0 Å². The van der Waals surface area contributed by atoms with Crippen LogP contribution in [0, 0.1) is 5.92 Å². The molecule has 0 aliphatic carbocycles. The van der Waals surface area contributed by atoms with Crippen LogP contribution < -0.4 is 11.1 Å². The Morgan fingerprint density at radius 2 is 1.67 bits per heavy atom. The van der Waals surface area contributed by atoms with E-state index < -0.39 is 23.8 Å². The van der Waals surface area contributed by atoms with Crippen LogP contribution in [0.1, 0.15) is 0 Å². The molecule has 1 heterocycles. The first kappa shape index (κ1) is 14.6. The SMILES string of the molecule is C=C(Nc1ccccc1N)C1C(=O)N(C)C(=O)N(C)C1=O. The molecule has 21 heavy (non-hydrogen) atoms. The van der Waals surface area contributed by atoms with Crippen LogP contribution in [-0.2, 0) is 9.59 Å². The van der Waals surface area contributed by atoms with E-state index in [-0.39, 0.29) is 5.70 Å². The zero-order valence-electron chi connectivity index (χ0n) is 11.8. The summed E-state index contributed by atoms with van der Waals surface area (Å²) in [5.41, 5.74) is 6.98. The van der Waals surface area contributed by atoms with E-state index in [1.165, 1.54) is 14.1 Å². The van der Waals surface area contributed by atoms with Gasteiger partial charge in [0.15, 0.2) is 5.92 Å². The molecule has 0 atom stereocenters. The smallest absolute Gasteiger partial charge is 0.332 e. The molecule has 1 aliphatic heterocycles. The van der Waals surface area contributed by atoms with E-state index in [0.29, 0.717) is 11.4 Å². The highest BCUT2D eigenvalue weighted by molar-refractivity contribution is 6.17. The molecule has 4 amide bonds. The van der Waals surface area contributed by atoms with Crippen LogP contribution in [0.15, 0.2) is 36.5 Å². The lowest BCUT2D eigenvalue weighted by atomic mass is 10.0. The second-order valence-corrected chi connectivity index (χ2v) is 4.75. The van der Waals surface area contributed by atoms with Crippen LogP contribution in [0.5, 0.6) is 0 Å². The van der Waals surface area contributed by atoms with Crippen molar-refractivity contribution in [1.82, 2.24) is 9.80 Å². The molecule has 7 nitrogen and oxygen atoms in total. The summed E-state index contributed by atoms with van der Waals surface area (Å²) in [7, 11) is 2.65. The van der Waals surface area contributed by atoms with Crippen molar-refractivity contribution < 1.29 is 14.4 Å². The van der Waals surface area contributed by atoms with Crippen molar-refractivity contribution in [3.05, 3.63) is 36.5 Å². The molecule has 0 bridgehead atoms. The predicted octanol–water partition coefficient (Wildman–Crippen LogP) is 0.861. The van der Waals surface area contributed by atoms with Gasteiger partial charge in [0, 0.05) is 19.8 Å². The quantitative estimate of drug-likeness (QED) is 0.635. The fourth-order valence-corrected chi connectivity index (χ4v) is 2.06. The molecule has 1 fully saturated rings. The molecule has 7 heteroatoms. The lowest BCUT2D eigenvalue weighted by molar-refractivity contribution is -0.145. The first-order chi connectivity index (χ1) is 9.84. The summed E-state index contributed by atoms with van der Waals surface area (Å²) in [6, 6.07) is 6.26. The number of para-hydroxylation sites is 2. The van der Waals surface area contributed by atoms with Crippen LogP contribution in [0.25, 0.3) is 0 Å². The van der Waals surface area contributed by atoms with Crippen molar-refractivity contribution in [3.8, 4) is 0 Å². The number of rotatable bonds is 3. The Kier molecular flexibility index (Phi) is 3.66. The maximum absolute atomic E-state index is 12.1. The molecule has 0 unspecified atom stereocenters. The molecule has 1 aromatic carbocycles. The Balaban J connectivity index is 2.26. The summed E-state index contributed by atoms with van der Waals surface area (Å²) in [4.78, 5) is 37.7. The topological polar surface area (TPSA) is 95.7 Å². The number of carbonyl (C=O) groups excluding carboxylic acids is 3. The standard InChI is InChI=1S/C14H16N4O3/c1-8(16-10-7-5-4-6-9(10)15)11-12(19)17(2)14(21)18(3)13(11)20/h4-7,11,16H,1,15H2,2-3H3. The fourth-order valence-electron chi connectivity index (χ4n) is 2.06. The summed E-state index contributed by atoms with van der Waals surface area (Å²) in [6.07, 6.45) is 0. The van der Waals surface area contributed by atoms with E-state index in [1.807, 2.05) is 0 Å². The first-order valence-electron chi connectivity index (χ1n) is 6.24. The van der Waals surface area contributed by atoms with E-state index in [9.17, 15) is 14.4 Å². The number of imide groups is 2. The Hall–Kier alpha value is -2.83. The van der Waals surface area contributed by atoms with Gasteiger partial charge in [0.05, 0.1) is 11.4 Å². The number of barbiturate groups is 1. The van der Waals surface area contributed by atoms with Gasteiger partial charge in [-0.25, -0.2) is 4.79 Å². The molecule has 3 N–H and O–H groups in total. The molecular formula is C14H16N4O3. The number of nitrogens with two attached hydrogens (primary N) is 1. The van der Waals surface area contributed by atoms with Gasteiger partial charge in [0.25, 0.3) is 0 Å². The normalized spacial score (nSPS) is 16.4. The van der Waals surface area contributed by atoms with Crippen molar-refractivity contribution in [2.75, 3.05) is 25.1 Å². The number of nitrogens with one attached hydrogen (secondary N) is 1. The lowest BCUT2D eigenvalue weighted by Crippen LogP contribution is -2.57.